The maximum Gasteiger partial charge on any atom is 0.228 e. The number of phenols is 1. The minimum atomic E-state index is -0.515. The van der Waals surface area contributed by atoms with Gasteiger partial charge < -0.3 is 10.0 Å². The molecule has 1 unspecified atom stereocenters. The molecular weight excluding hydrogens is 257 g/mol. The van der Waals surface area contributed by atoms with Crippen molar-refractivity contribution in [3.63, 3.8) is 0 Å². The van der Waals surface area contributed by atoms with Crippen LogP contribution < -0.4 is 4.90 Å². The summed E-state index contributed by atoms with van der Waals surface area (Å²) in [5.74, 6) is -0.869. The van der Waals surface area contributed by atoms with Gasteiger partial charge in [0.1, 0.15) is 11.6 Å². The van der Waals surface area contributed by atoms with E-state index in [0.717, 1.165) is 23.9 Å². The molecule has 1 aromatic rings. The Morgan fingerprint density at radius 1 is 1.56 bits per heavy atom. The van der Waals surface area contributed by atoms with Crippen molar-refractivity contribution in [3.8, 4) is 5.75 Å². The van der Waals surface area contributed by atoms with Crippen LogP contribution in [0.2, 0.25) is 0 Å². The average Bonchev–Trinajstić information content (AvgIpc) is 2.62. The molecule has 1 heterocycles. The third-order valence-electron chi connectivity index (χ3n) is 2.65. The molecule has 96 valence electrons. The number of amides is 1. The predicted molar refractivity (Wildman–Crippen MR) is 67.1 cm³/mol. The number of carbonyl (C=O) groups is 2. The standard InChI is InChI=1S/C12H12FNO3S/c1-7(15)18-9-5-12(17)14(6-9)10-4-8(13)2-3-11(10)16/h2-4,9,16H,5-6H2,1H3. The Labute approximate surface area is 108 Å². The number of carbonyl (C=O) groups excluding carboxylic acids is 2. The maximum atomic E-state index is 13.1. The fraction of sp³-hybridized carbons (Fsp3) is 0.333. The van der Waals surface area contributed by atoms with Crippen molar-refractivity contribution in [1.29, 1.82) is 0 Å². The zero-order chi connectivity index (χ0) is 13.3. The molecule has 18 heavy (non-hydrogen) atoms. The van der Waals surface area contributed by atoms with Gasteiger partial charge in [0, 0.05) is 31.2 Å². The Bertz CT molecular complexity index is 506. The first-order chi connectivity index (χ1) is 8.47. The van der Waals surface area contributed by atoms with E-state index in [0.29, 0.717) is 6.54 Å². The molecule has 4 nitrogen and oxygen atoms in total. The van der Waals surface area contributed by atoms with Crippen LogP contribution >= 0.6 is 11.8 Å². The van der Waals surface area contributed by atoms with E-state index in [1.54, 1.807) is 0 Å². The summed E-state index contributed by atoms with van der Waals surface area (Å²) in [4.78, 5) is 24.1. The quantitative estimate of drug-likeness (QED) is 0.891. The fourth-order valence-corrected chi connectivity index (χ4v) is 2.85. The number of anilines is 1. The van der Waals surface area contributed by atoms with E-state index in [2.05, 4.69) is 0 Å². The van der Waals surface area contributed by atoms with Gasteiger partial charge in [0.15, 0.2) is 5.12 Å². The van der Waals surface area contributed by atoms with E-state index in [-0.39, 0.29) is 34.1 Å². The molecule has 1 aliphatic heterocycles. The highest BCUT2D eigenvalue weighted by molar-refractivity contribution is 8.14. The largest absolute Gasteiger partial charge is 0.506 e. The van der Waals surface area contributed by atoms with Gasteiger partial charge in [-0.15, -0.1) is 0 Å². The Hall–Kier alpha value is -1.56. The van der Waals surface area contributed by atoms with Gasteiger partial charge in [-0.25, -0.2) is 4.39 Å². The summed E-state index contributed by atoms with van der Waals surface area (Å²) in [7, 11) is 0. The molecular formula is C12H12FNO3S. The molecule has 2 rings (SSSR count). The van der Waals surface area contributed by atoms with Crippen LogP contribution in [-0.2, 0) is 9.59 Å². The number of thioether (sulfide) groups is 1. The molecule has 0 bridgehead atoms. The van der Waals surface area contributed by atoms with E-state index in [1.807, 2.05) is 0 Å². The van der Waals surface area contributed by atoms with E-state index >= 15 is 0 Å². The second kappa shape index (κ2) is 4.97. The van der Waals surface area contributed by atoms with E-state index in [1.165, 1.54) is 17.9 Å². The van der Waals surface area contributed by atoms with Crippen LogP contribution in [0, 0.1) is 5.82 Å². The maximum absolute atomic E-state index is 13.1. The summed E-state index contributed by atoms with van der Waals surface area (Å²) in [6.07, 6.45) is 0.222. The van der Waals surface area contributed by atoms with Gasteiger partial charge in [-0.3, -0.25) is 9.59 Å². The SMILES string of the molecule is CC(=O)SC1CC(=O)N(c2cc(F)ccc2O)C1. The molecule has 1 amide bonds. The van der Waals surface area contributed by atoms with Gasteiger partial charge >= 0.3 is 0 Å². The lowest BCUT2D eigenvalue weighted by molar-refractivity contribution is -0.117. The van der Waals surface area contributed by atoms with Crippen molar-refractivity contribution in [2.24, 2.45) is 0 Å². The number of nitrogens with zero attached hydrogens (tertiary/aromatic N) is 1. The molecule has 0 aliphatic carbocycles. The topological polar surface area (TPSA) is 57.6 Å². The second-order valence-corrected chi connectivity index (χ2v) is 5.55. The van der Waals surface area contributed by atoms with Gasteiger partial charge in [-0.05, 0) is 12.1 Å². The minimum absolute atomic E-state index is 0.0573. The van der Waals surface area contributed by atoms with E-state index in [4.69, 9.17) is 0 Å². The highest BCUT2D eigenvalue weighted by Gasteiger charge is 2.33. The highest BCUT2D eigenvalue weighted by atomic mass is 32.2. The molecule has 0 radical (unpaired) electrons. The Morgan fingerprint density at radius 3 is 2.94 bits per heavy atom. The van der Waals surface area contributed by atoms with Crippen LogP contribution in [0.1, 0.15) is 13.3 Å². The number of benzene rings is 1. The average molecular weight is 269 g/mol. The van der Waals surface area contributed by atoms with Crippen LogP contribution in [0.25, 0.3) is 0 Å². The third kappa shape index (κ3) is 2.64. The predicted octanol–water partition coefficient (Wildman–Crippen LogP) is 1.92. The van der Waals surface area contributed by atoms with Gasteiger partial charge in [0.2, 0.25) is 5.91 Å². The first-order valence-electron chi connectivity index (χ1n) is 5.43. The molecule has 1 fully saturated rings. The molecule has 0 aromatic heterocycles. The number of hydrogen-bond acceptors (Lipinski definition) is 4. The number of halogens is 1. The fourth-order valence-electron chi connectivity index (χ4n) is 1.93. The zero-order valence-electron chi connectivity index (χ0n) is 9.72. The van der Waals surface area contributed by atoms with Crippen LogP contribution in [0.3, 0.4) is 0 Å². The van der Waals surface area contributed by atoms with Gasteiger partial charge in [-0.1, -0.05) is 11.8 Å². The van der Waals surface area contributed by atoms with Crippen molar-refractivity contribution < 1.29 is 19.1 Å². The second-order valence-electron chi connectivity index (χ2n) is 4.07. The monoisotopic (exact) mass is 269 g/mol. The smallest absolute Gasteiger partial charge is 0.228 e. The molecule has 0 saturated carbocycles. The summed E-state index contributed by atoms with van der Waals surface area (Å²) < 4.78 is 13.1. The van der Waals surface area contributed by atoms with Crippen molar-refractivity contribution in [1.82, 2.24) is 0 Å². The first kappa shape index (κ1) is 12.9. The van der Waals surface area contributed by atoms with Crippen molar-refractivity contribution >= 4 is 28.5 Å². The first-order valence-corrected chi connectivity index (χ1v) is 6.31. The molecule has 1 aromatic carbocycles. The zero-order valence-corrected chi connectivity index (χ0v) is 10.5. The summed E-state index contributed by atoms with van der Waals surface area (Å²) in [5, 5.41) is 9.45. The summed E-state index contributed by atoms with van der Waals surface area (Å²) in [6.45, 7) is 1.75. The van der Waals surface area contributed by atoms with Gasteiger partial charge in [0.05, 0.1) is 5.69 Å². The lowest BCUT2D eigenvalue weighted by Gasteiger charge is -2.17. The van der Waals surface area contributed by atoms with Gasteiger partial charge in [-0.2, -0.15) is 0 Å². The number of phenolic OH excluding ortho intramolecular Hbond substituents is 1. The Morgan fingerprint density at radius 2 is 2.28 bits per heavy atom. The lowest BCUT2D eigenvalue weighted by Crippen LogP contribution is -2.25. The summed E-state index contributed by atoms with van der Waals surface area (Å²) in [5.41, 5.74) is 0.159. The molecule has 1 saturated heterocycles. The molecule has 0 spiro atoms. The van der Waals surface area contributed by atoms with Crippen LogP contribution in [0.5, 0.6) is 5.75 Å². The lowest BCUT2D eigenvalue weighted by atomic mass is 10.2. The number of rotatable bonds is 2. The Balaban J connectivity index is 2.21. The molecule has 6 heteroatoms. The summed E-state index contributed by atoms with van der Waals surface area (Å²) >= 11 is 1.10. The number of hydrogen-bond donors (Lipinski definition) is 1. The third-order valence-corrected chi connectivity index (χ3v) is 3.63. The van der Waals surface area contributed by atoms with Crippen LogP contribution in [0.4, 0.5) is 10.1 Å². The highest BCUT2D eigenvalue weighted by Crippen LogP contribution is 2.34. The van der Waals surface area contributed by atoms with E-state index < -0.39 is 5.82 Å². The minimum Gasteiger partial charge on any atom is -0.506 e. The molecule has 1 N–H and O–H groups in total. The number of aromatic hydroxyl groups is 1. The van der Waals surface area contributed by atoms with Crippen LogP contribution in [0.15, 0.2) is 18.2 Å². The van der Waals surface area contributed by atoms with Crippen molar-refractivity contribution in [2.75, 3.05) is 11.4 Å². The van der Waals surface area contributed by atoms with E-state index in [9.17, 15) is 19.1 Å². The Kier molecular flexibility index (Phi) is 3.56. The van der Waals surface area contributed by atoms with Gasteiger partial charge in [0.25, 0.3) is 0 Å². The van der Waals surface area contributed by atoms with Crippen LogP contribution in [-0.4, -0.2) is 27.9 Å². The van der Waals surface area contributed by atoms with Crippen molar-refractivity contribution in [3.05, 3.63) is 24.0 Å². The molecule has 1 aliphatic rings. The van der Waals surface area contributed by atoms with Crippen molar-refractivity contribution in [2.45, 2.75) is 18.6 Å². The normalized spacial score (nSPS) is 19.3. The molecule has 1 atom stereocenters. The summed E-state index contributed by atoms with van der Waals surface area (Å²) in [6, 6.07) is 3.46.